The van der Waals surface area contributed by atoms with Crippen LogP contribution in [0.5, 0.6) is 0 Å². The van der Waals surface area contributed by atoms with E-state index in [9.17, 15) is 9.90 Å². The van der Waals surface area contributed by atoms with E-state index in [-0.39, 0.29) is 5.76 Å². The van der Waals surface area contributed by atoms with Gasteiger partial charge in [0, 0.05) is 0 Å². The van der Waals surface area contributed by atoms with Gasteiger partial charge in [-0.1, -0.05) is 103 Å². The predicted molar refractivity (Wildman–Crippen MR) is 99.4 cm³/mol. The van der Waals surface area contributed by atoms with Gasteiger partial charge in [-0.15, -0.1) is 0 Å². The summed E-state index contributed by atoms with van der Waals surface area (Å²) in [5, 5.41) is 9.29. The summed E-state index contributed by atoms with van der Waals surface area (Å²) in [6, 6.07) is 0. The SMILES string of the molecule is C=C(O)C(CCCCCCCCCCCCCCCC)C(N)=O. The van der Waals surface area contributed by atoms with Crippen LogP contribution in [-0.2, 0) is 4.79 Å². The van der Waals surface area contributed by atoms with Crippen molar-refractivity contribution in [2.24, 2.45) is 11.7 Å². The van der Waals surface area contributed by atoms with Crippen molar-refractivity contribution in [3.05, 3.63) is 12.3 Å². The minimum Gasteiger partial charge on any atom is -0.512 e. The van der Waals surface area contributed by atoms with Crippen LogP contribution in [0.25, 0.3) is 0 Å². The summed E-state index contributed by atoms with van der Waals surface area (Å²) in [6.07, 6.45) is 19.0. The number of hydrogen-bond donors (Lipinski definition) is 2. The fourth-order valence-electron chi connectivity index (χ4n) is 3.02. The summed E-state index contributed by atoms with van der Waals surface area (Å²) in [4.78, 5) is 11.1. The maximum absolute atomic E-state index is 11.1. The molecule has 3 heteroatoms. The molecule has 1 unspecified atom stereocenters. The molecule has 136 valence electrons. The highest BCUT2D eigenvalue weighted by atomic mass is 16.3. The van der Waals surface area contributed by atoms with Gasteiger partial charge in [-0.2, -0.15) is 0 Å². The molecule has 0 aliphatic carbocycles. The van der Waals surface area contributed by atoms with Gasteiger partial charge in [-0.05, 0) is 6.42 Å². The first-order valence-corrected chi connectivity index (χ1v) is 9.76. The van der Waals surface area contributed by atoms with Crippen molar-refractivity contribution in [3.8, 4) is 0 Å². The fourth-order valence-corrected chi connectivity index (χ4v) is 3.02. The summed E-state index contributed by atoms with van der Waals surface area (Å²) < 4.78 is 0. The van der Waals surface area contributed by atoms with Crippen molar-refractivity contribution >= 4 is 5.91 Å². The highest BCUT2D eigenvalue weighted by Crippen LogP contribution is 2.17. The first-order valence-electron chi connectivity index (χ1n) is 9.76. The molecule has 3 N–H and O–H groups in total. The number of aliphatic hydroxyl groups excluding tert-OH is 1. The number of rotatable bonds is 17. The zero-order valence-electron chi connectivity index (χ0n) is 15.3. The van der Waals surface area contributed by atoms with E-state index in [0.717, 1.165) is 12.8 Å². The minimum atomic E-state index is -0.563. The number of aliphatic hydroxyl groups is 1. The lowest BCUT2D eigenvalue weighted by molar-refractivity contribution is -0.121. The molecule has 0 spiro atoms. The molecule has 0 aromatic rings. The Kier molecular flexibility index (Phi) is 15.2. The van der Waals surface area contributed by atoms with Crippen molar-refractivity contribution in [3.63, 3.8) is 0 Å². The average Bonchev–Trinajstić information content (AvgIpc) is 2.50. The van der Waals surface area contributed by atoms with E-state index in [4.69, 9.17) is 5.73 Å². The number of primary amides is 1. The van der Waals surface area contributed by atoms with Crippen molar-refractivity contribution in [2.45, 2.75) is 103 Å². The van der Waals surface area contributed by atoms with Gasteiger partial charge in [0.1, 0.15) is 0 Å². The van der Waals surface area contributed by atoms with E-state index in [2.05, 4.69) is 13.5 Å². The van der Waals surface area contributed by atoms with Gasteiger partial charge in [0.15, 0.2) is 0 Å². The average molecular weight is 326 g/mol. The zero-order valence-corrected chi connectivity index (χ0v) is 15.3. The Morgan fingerprint density at radius 1 is 0.826 bits per heavy atom. The molecule has 0 saturated carbocycles. The van der Waals surface area contributed by atoms with Gasteiger partial charge in [-0.3, -0.25) is 4.79 Å². The van der Waals surface area contributed by atoms with E-state index in [1.807, 2.05) is 0 Å². The molecule has 0 radical (unpaired) electrons. The van der Waals surface area contributed by atoms with Crippen LogP contribution in [-0.4, -0.2) is 11.0 Å². The largest absolute Gasteiger partial charge is 0.512 e. The van der Waals surface area contributed by atoms with Gasteiger partial charge in [-0.25, -0.2) is 0 Å². The molecule has 1 amide bonds. The maximum Gasteiger partial charge on any atom is 0.228 e. The summed E-state index contributed by atoms with van der Waals surface area (Å²) in [5.41, 5.74) is 5.23. The van der Waals surface area contributed by atoms with Crippen molar-refractivity contribution < 1.29 is 9.90 Å². The third-order valence-electron chi connectivity index (χ3n) is 4.59. The number of nitrogens with two attached hydrogens (primary N) is 1. The second-order valence-electron chi connectivity index (χ2n) is 6.83. The standard InChI is InChI=1S/C20H39NO2/c1-3-4-5-6-7-8-9-10-11-12-13-14-15-16-17-19(18(2)22)20(21)23/h19,22H,2-17H2,1H3,(H2,21,23). The summed E-state index contributed by atoms with van der Waals surface area (Å²) in [5.74, 6) is -1.12. The van der Waals surface area contributed by atoms with Crippen LogP contribution >= 0.6 is 0 Å². The number of amides is 1. The van der Waals surface area contributed by atoms with Gasteiger partial charge in [0.2, 0.25) is 5.91 Å². The van der Waals surface area contributed by atoms with Crippen LogP contribution in [0.1, 0.15) is 103 Å². The molecule has 0 rings (SSSR count). The second-order valence-corrected chi connectivity index (χ2v) is 6.83. The molecular formula is C20H39NO2. The number of unbranched alkanes of at least 4 members (excludes halogenated alkanes) is 13. The van der Waals surface area contributed by atoms with E-state index < -0.39 is 11.8 Å². The molecular weight excluding hydrogens is 286 g/mol. The minimum absolute atomic E-state index is 0.0906. The normalized spacial score (nSPS) is 12.2. The maximum atomic E-state index is 11.1. The van der Waals surface area contributed by atoms with Crippen LogP contribution < -0.4 is 5.73 Å². The first-order chi connectivity index (χ1) is 11.1. The smallest absolute Gasteiger partial charge is 0.228 e. The van der Waals surface area contributed by atoms with E-state index in [0.29, 0.717) is 6.42 Å². The lowest BCUT2D eigenvalue weighted by Gasteiger charge is -2.11. The third kappa shape index (κ3) is 14.3. The molecule has 23 heavy (non-hydrogen) atoms. The Morgan fingerprint density at radius 3 is 1.48 bits per heavy atom. The van der Waals surface area contributed by atoms with E-state index in [1.165, 1.54) is 77.0 Å². The third-order valence-corrected chi connectivity index (χ3v) is 4.59. The second kappa shape index (κ2) is 15.9. The Balaban J connectivity index is 3.24. The van der Waals surface area contributed by atoms with Gasteiger partial charge < -0.3 is 10.8 Å². The van der Waals surface area contributed by atoms with Crippen molar-refractivity contribution in [2.75, 3.05) is 0 Å². The van der Waals surface area contributed by atoms with E-state index in [1.54, 1.807) is 0 Å². The quantitative estimate of drug-likeness (QED) is 0.253. The van der Waals surface area contributed by atoms with Crippen LogP contribution in [0.4, 0.5) is 0 Å². The highest BCUT2D eigenvalue weighted by molar-refractivity contribution is 5.78. The van der Waals surface area contributed by atoms with E-state index >= 15 is 0 Å². The molecule has 3 nitrogen and oxygen atoms in total. The predicted octanol–water partition coefficient (Wildman–Crippen LogP) is 6.03. The fraction of sp³-hybridized carbons (Fsp3) is 0.850. The highest BCUT2D eigenvalue weighted by Gasteiger charge is 2.17. The summed E-state index contributed by atoms with van der Waals surface area (Å²) >= 11 is 0. The molecule has 0 fully saturated rings. The molecule has 1 atom stereocenters. The van der Waals surface area contributed by atoms with Gasteiger partial charge in [0.25, 0.3) is 0 Å². The molecule has 0 bridgehead atoms. The van der Waals surface area contributed by atoms with Gasteiger partial charge >= 0.3 is 0 Å². The number of carbonyl (C=O) groups excluding carboxylic acids is 1. The summed E-state index contributed by atoms with van der Waals surface area (Å²) in [6.45, 7) is 5.68. The molecule has 0 aliphatic rings. The van der Waals surface area contributed by atoms with Crippen molar-refractivity contribution in [1.29, 1.82) is 0 Å². The van der Waals surface area contributed by atoms with Crippen LogP contribution in [0.2, 0.25) is 0 Å². The topological polar surface area (TPSA) is 63.3 Å². The lowest BCUT2D eigenvalue weighted by Crippen LogP contribution is -2.24. The Morgan fingerprint density at radius 2 is 1.17 bits per heavy atom. The molecule has 0 saturated heterocycles. The summed E-state index contributed by atoms with van der Waals surface area (Å²) in [7, 11) is 0. The zero-order chi connectivity index (χ0) is 17.3. The number of hydrogen-bond acceptors (Lipinski definition) is 2. The van der Waals surface area contributed by atoms with Crippen LogP contribution in [0, 0.1) is 5.92 Å². The lowest BCUT2D eigenvalue weighted by atomic mass is 9.98. The van der Waals surface area contributed by atoms with Crippen molar-refractivity contribution in [1.82, 2.24) is 0 Å². The molecule has 0 heterocycles. The molecule has 0 aromatic heterocycles. The monoisotopic (exact) mass is 325 g/mol. The van der Waals surface area contributed by atoms with Crippen LogP contribution in [0.15, 0.2) is 12.3 Å². The molecule has 0 aromatic carbocycles. The Hall–Kier alpha value is -0.990. The molecule has 0 aliphatic heterocycles. The van der Waals surface area contributed by atoms with Gasteiger partial charge in [0.05, 0.1) is 11.7 Å². The Bertz CT molecular complexity index is 288. The van der Waals surface area contributed by atoms with Crippen LogP contribution in [0.3, 0.4) is 0 Å². The number of carbonyl (C=O) groups is 1. The first kappa shape index (κ1) is 22.0. The Labute approximate surface area is 143 Å².